The fourth-order valence-corrected chi connectivity index (χ4v) is 3.84. The lowest BCUT2D eigenvalue weighted by atomic mass is 9.80. The Morgan fingerprint density at radius 3 is 2.74 bits per heavy atom. The first-order chi connectivity index (χ1) is 10.8. The van der Waals surface area contributed by atoms with E-state index in [0.717, 1.165) is 5.56 Å². The topological polar surface area (TPSA) is 32.3 Å². The second kappa shape index (κ2) is 7.66. The van der Waals surface area contributed by atoms with Gasteiger partial charge in [0.1, 0.15) is 0 Å². The lowest BCUT2D eigenvalue weighted by Crippen LogP contribution is -2.40. The van der Waals surface area contributed by atoms with Gasteiger partial charge in [-0.2, -0.15) is 24.5 Å². The quantitative estimate of drug-likeness (QED) is 0.877. The van der Waals surface area contributed by atoms with Crippen molar-refractivity contribution in [2.24, 2.45) is 11.8 Å². The van der Waals surface area contributed by atoms with E-state index in [1.165, 1.54) is 0 Å². The van der Waals surface area contributed by atoms with Gasteiger partial charge in [0.2, 0.25) is 5.91 Å². The van der Waals surface area contributed by atoms with Gasteiger partial charge in [-0.15, -0.1) is 0 Å². The Kier molecular flexibility index (Phi) is 6.08. The summed E-state index contributed by atoms with van der Waals surface area (Å²) in [5.41, 5.74) is 1.11. The third kappa shape index (κ3) is 4.94. The molecule has 130 valence electrons. The molecule has 0 aromatic carbocycles. The minimum absolute atomic E-state index is 0.0344. The fraction of sp³-hybridized carbons (Fsp3) is 0.688. The van der Waals surface area contributed by atoms with Crippen LogP contribution >= 0.6 is 11.3 Å². The zero-order chi connectivity index (χ0) is 17.0. The molecule has 3 atom stereocenters. The molecule has 3 nitrogen and oxygen atoms in total. The van der Waals surface area contributed by atoms with Gasteiger partial charge in [-0.1, -0.05) is 6.42 Å². The molecule has 1 N–H and O–H groups in total. The van der Waals surface area contributed by atoms with E-state index in [1.54, 1.807) is 11.3 Å². The summed E-state index contributed by atoms with van der Waals surface area (Å²) in [7, 11) is 3.85. The van der Waals surface area contributed by atoms with Crippen LogP contribution in [0.15, 0.2) is 16.8 Å². The number of nitrogens with one attached hydrogen (secondary N) is 1. The Balaban J connectivity index is 1.91. The molecule has 1 aliphatic carbocycles. The molecule has 7 heteroatoms. The number of carbonyl (C=O) groups excluding carboxylic acids is 1. The normalized spacial score (nSPS) is 23.7. The summed E-state index contributed by atoms with van der Waals surface area (Å²) < 4.78 is 38.5. The standard InChI is InChI=1S/C16H23F3N2OS/c1-21(2)14(12-6-7-23-10-12)9-20-15(22)11-4-3-5-13(8-11)16(17,18)19/h6-7,10-11,13-14H,3-5,8-9H2,1-2H3,(H,20,22)/t11-,13-,14-/m1/s1. The number of likely N-dealkylation sites (N-methyl/N-ethyl adjacent to an activating group) is 1. The van der Waals surface area contributed by atoms with E-state index in [0.29, 0.717) is 19.4 Å². The van der Waals surface area contributed by atoms with Crippen LogP contribution < -0.4 is 5.32 Å². The van der Waals surface area contributed by atoms with Crippen molar-refractivity contribution in [3.63, 3.8) is 0 Å². The maximum Gasteiger partial charge on any atom is 0.391 e. The molecule has 1 saturated carbocycles. The summed E-state index contributed by atoms with van der Waals surface area (Å²) in [5.74, 6) is -2.12. The van der Waals surface area contributed by atoms with Gasteiger partial charge >= 0.3 is 6.18 Å². The van der Waals surface area contributed by atoms with Crippen LogP contribution in [0.3, 0.4) is 0 Å². The molecule has 0 radical (unpaired) electrons. The number of nitrogens with zero attached hydrogens (tertiary/aromatic N) is 1. The first-order valence-corrected chi connectivity index (χ1v) is 8.76. The SMILES string of the molecule is CN(C)[C@H](CNC(=O)[C@@H]1CCC[C@@H](C(F)(F)F)C1)c1ccsc1. The van der Waals surface area contributed by atoms with Crippen molar-refractivity contribution < 1.29 is 18.0 Å². The predicted octanol–water partition coefficient (Wildman–Crippen LogP) is 3.84. The zero-order valence-electron chi connectivity index (χ0n) is 13.4. The van der Waals surface area contributed by atoms with Gasteiger partial charge < -0.3 is 10.2 Å². The van der Waals surface area contributed by atoms with E-state index in [9.17, 15) is 18.0 Å². The van der Waals surface area contributed by atoms with Crippen LogP contribution in [0.4, 0.5) is 13.2 Å². The average Bonchev–Trinajstić information content (AvgIpc) is 3.00. The Hall–Kier alpha value is -1.08. The number of alkyl halides is 3. The molecule has 1 aromatic heterocycles. The zero-order valence-corrected chi connectivity index (χ0v) is 14.2. The first kappa shape index (κ1) is 18.3. The van der Waals surface area contributed by atoms with Crippen LogP contribution in [0.5, 0.6) is 0 Å². The molecular formula is C16H23F3N2OS. The Bertz CT molecular complexity index is 502. The Morgan fingerprint density at radius 1 is 1.43 bits per heavy atom. The van der Waals surface area contributed by atoms with Gasteiger partial charge in [0.15, 0.2) is 0 Å². The van der Waals surface area contributed by atoms with E-state index in [-0.39, 0.29) is 24.8 Å². The fourth-order valence-electron chi connectivity index (χ4n) is 3.13. The van der Waals surface area contributed by atoms with Crippen LogP contribution in [0.1, 0.15) is 37.3 Å². The van der Waals surface area contributed by atoms with Crippen molar-refractivity contribution in [3.8, 4) is 0 Å². The number of halogens is 3. The number of amides is 1. The van der Waals surface area contributed by atoms with E-state index >= 15 is 0 Å². The predicted molar refractivity (Wildman–Crippen MR) is 85.3 cm³/mol. The number of thiophene rings is 1. The van der Waals surface area contributed by atoms with Gasteiger partial charge in [0, 0.05) is 12.5 Å². The molecule has 1 heterocycles. The highest BCUT2D eigenvalue weighted by Gasteiger charge is 2.43. The molecule has 0 bridgehead atoms. The molecular weight excluding hydrogens is 325 g/mol. The van der Waals surface area contributed by atoms with Crippen molar-refractivity contribution >= 4 is 17.2 Å². The Morgan fingerprint density at radius 2 is 2.17 bits per heavy atom. The van der Waals surface area contributed by atoms with Crippen LogP contribution in [0.2, 0.25) is 0 Å². The Labute approximate surface area is 138 Å². The molecule has 1 aliphatic rings. The van der Waals surface area contributed by atoms with Crippen molar-refractivity contribution in [1.82, 2.24) is 10.2 Å². The maximum absolute atomic E-state index is 12.8. The van der Waals surface area contributed by atoms with Gasteiger partial charge in [0.25, 0.3) is 0 Å². The molecule has 0 aliphatic heterocycles. The summed E-state index contributed by atoms with van der Waals surface area (Å²) in [6, 6.07) is 2.04. The van der Waals surface area contributed by atoms with Gasteiger partial charge in [-0.25, -0.2) is 0 Å². The molecule has 0 unspecified atom stereocenters. The highest BCUT2D eigenvalue weighted by Crippen LogP contribution is 2.40. The van der Waals surface area contributed by atoms with Crippen molar-refractivity contribution in [2.75, 3.05) is 20.6 Å². The highest BCUT2D eigenvalue weighted by atomic mass is 32.1. The lowest BCUT2D eigenvalue weighted by Gasteiger charge is -2.30. The summed E-state index contributed by atoms with van der Waals surface area (Å²) in [4.78, 5) is 14.3. The summed E-state index contributed by atoms with van der Waals surface area (Å²) >= 11 is 1.59. The van der Waals surface area contributed by atoms with Crippen molar-refractivity contribution in [1.29, 1.82) is 0 Å². The second-order valence-electron chi connectivity index (χ2n) is 6.38. The lowest BCUT2D eigenvalue weighted by molar-refractivity contribution is -0.186. The third-order valence-electron chi connectivity index (χ3n) is 4.53. The summed E-state index contributed by atoms with van der Waals surface area (Å²) in [5, 5.41) is 6.85. The van der Waals surface area contributed by atoms with E-state index in [1.807, 2.05) is 35.8 Å². The third-order valence-corrected chi connectivity index (χ3v) is 5.23. The van der Waals surface area contributed by atoms with Crippen LogP contribution in [0, 0.1) is 11.8 Å². The summed E-state index contributed by atoms with van der Waals surface area (Å²) in [6.45, 7) is 0.412. The van der Waals surface area contributed by atoms with Gasteiger partial charge in [0.05, 0.1) is 12.0 Å². The largest absolute Gasteiger partial charge is 0.391 e. The van der Waals surface area contributed by atoms with Crippen LogP contribution in [-0.2, 0) is 4.79 Å². The van der Waals surface area contributed by atoms with E-state index in [2.05, 4.69) is 5.32 Å². The molecule has 23 heavy (non-hydrogen) atoms. The van der Waals surface area contributed by atoms with Crippen LogP contribution in [0.25, 0.3) is 0 Å². The first-order valence-electron chi connectivity index (χ1n) is 7.82. The second-order valence-corrected chi connectivity index (χ2v) is 7.16. The minimum atomic E-state index is -4.19. The average molecular weight is 348 g/mol. The number of carbonyl (C=O) groups is 1. The van der Waals surface area contributed by atoms with Crippen molar-refractivity contribution in [3.05, 3.63) is 22.4 Å². The monoisotopic (exact) mass is 348 g/mol. The molecule has 1 amide bonds. The van der Waals surface area contributed by atoms with Crippen molar-refractivity contribution in [2.45, 2.75) is 37.9 Å². The highest BCUT2D eigenvalue weighted by molar-refractivity contribution is 7.07. The molecule has 0 saturated heterocycles. The number of hydrogen-bond donors (Lipinski definition) is 1. The van der Waals surface area contributed by atoms with E-state index < -0.39 is 18.0 Å². The maximum atomic E-state index is 12.8. The smallest absolute Gasteiger partial charge is 0.354 e. The summed E-state index contributed by atoms with van der Waals surface area (Å²) in [6.07, 6.45) is -3.13. The number of rotatable bonds is 5. The van der Waals surface area contributed by atoms with Crippen LogP contribution in [-0.4, -0.2) is 37.6 Å². The molecule has 1 fully saturated rings. The van der Waals surface area contributed by atoms with Gasteiger partial charge in [-0.05, 0) is 55.7 Å². The molecule has 2 rings (SSSR count). The van der Waals surface area contributed by atoms with Gasteiger partial charge in [-0.3, -0.25) is 4.79 Å². The molecule has 0 spiro atoms. The minimum Gasteiger partial charge on any atom is -0.354 e. The molecule has 1 aromatic rings. The van der Waals surface area contributed by atoms with E-state index in [4.69, 9.17) is 0 Å². The number of hydrogen-bond acceptors (Lipinski definition) is 3.